The van der Waals surface area contributed by atoms with Crippen LogP contribution in [0, 0.1) is 0 Å². The fourth-order valence-corrected chi connectivity index (χ4v) is 3.22. The molecular formula is C10H20N2O4S. The van der Waals surface area contributed by atoms with E-state index in [1.807, 2.05) is 6.92 Å². The first-order chi connectivity index (χ1) is 7.81. The molecule has 1 aliphatic rings. The predicted octanol–water partition coefficient (Wildman–Crippen LogP) is -0.391. The summed E-state index contributed by atoms with van der Waals surface area (Å²) in [6.07, 6.45) is 1.42. The first-order valence-electron chi connectivity index (χ1n) is 5.62. The van der Waals surface area contributed by atoms with Crippen molar-refractivity contribution >= 4 is 16.0 Å². The van der Waals surface area contributed by atoms with E-state index < -0.39 is 26.8 Å². The Bertz CT molecular complexity index is 374. The van der Waals surface area contributed by atoms with Crippen LogP contribution in [0.25, 0.3) is 0 Å². The first kappa shape index (κ1) is 14.4. The number of nitrogens with one attached hydrogen (secondary N) is 2. The zero-order chi connectivity index (χ0) is 13.1. The third kappa shape index (κ3) is 3.65. The molecule has 6 nitrogen and oxygen atoms in total. The van der Waals surface area contributed by atoms with E-state index in [1.54, 1.807) is 0 Å². The molecule has 0 bridgehead atoms. The number of methoxy groups -OCH3 is 1. The number of ether oxygens (including phenoxy) is 1. The van der Waals surface area contributed by atoms with Crippen molar-refractivity contribution in [3.05, 3.63) is 0 Å². The molecule has 0 saturated carbocycles. The van der Waals surface area contributed by atoms with E-state index in [-0.39, 0.29) is 0 Å². The minimum absolute atomic E-state index is 0.480. The standard InChI is InChI=1S/C10H20N2O4S/c1-8(9(13)16-3)17(14,15)12-10(2)4-6-11-7-5-10/h8,11-12H,4-7H2,1-3H3. The maximum atomic E-state index is 12.0. The zero-order valence-corrected chi connectivity index (χ0v) is 11.3. The Balaban J connectivity index is 2.75. The monoisotopic (exact) mass is 264 g/mol. The number of hydrogen-bond donors (Lipinski definition) is 2. The molecule has 7 heteroatoms. The molecule has 0 spiro atoms. The van der Waals surface area contributed by atoms with Crippen molar-refractivity contribution in [3.8, 4) is 0 Å². The Morgan fingerprint density at radius 1 is 1.41 bits per heavy atom. The largest absolute Gasteiger partial charge is 0.468 e. The Labute approximate surface area is 102 Å². The van der Waals surface area contributed by atoms with Gasteiger partial charge in [-0.3, -0.25) is 4.79 Å². The number of carbonyl (C=O) groups excluding carboxylic acids is 1. The second-order valence-electron chi connectivity index (χ2n) is 4.62. The van der Waals surface area contributed by atoms with Crippen molar-refractivity contribution in [3.63, 3.8) is 0 Å². The van der Waals surface area contributed by atoms with Gasteiger partial charge in [0.05, 0.1) is 7.11 Å². The first-order valence-corrected chi connectivity index (χ1v) is 7.17. The molecule has 1 heterocycles. The molecule has 1 unspecified atom stereocenters. The molecule has 0 aromatic heterocycles. The summed E-state index contributed by atoms with van der Waals surface area (Å²) in [5.41, 5.74) is -0.480. The highest BCUT2D eigenvalue weighted by molar-refractivity contribution is 7.90. The molecule has 1 rings (SSSR count). The summed E-state index contributed by atoms with van der Waals surface area (Å²) in [6.45, 7) is 4.73. The molecule has 1 atom stereocenters. The summed E-state index contributed by atoms with van der Waals surface area (Å²) in [6, 6.07) is 0. The van der Waals surface area contributed by atoms with Crippen LogP contribution in [0.5, 0.6) is 0 Å². The number of rotatable bonds is 4. The topological polar surface area (TPSA) is 84.5 Å². The average molecular weight is 264 g/mol. The number of carbonyl (C=O) groups is 1. The summed E-state index contributed by atoms with van der Waals surface area (Å²) in [5, 5.41) is 1.98. The highest BCUT2D eigenvalue weighted by Gasteiger charge is 2.36. The van der Waals surface area contributed by atoms with E-state index in [0.29, 0.717) is 12.8 Å². The minimum Gasteiger partial charge on any atom is -0.468 e. The molecule has 1 fully saturated rings. The number of hydrogen-bond acceptors (Lipinski definition) is 5. The Hall–Kier alpha value is -0.660. The van der Waals surface area contributed by atoms with Gasteiger partial charge in [0, 0.05) is 5.54 Å². The van der Waals surface area contributed by atoms with Gasteiger partial charge in [-0.05, 0) is 39.8 Å². The summed E-state index contributed by atoms with van der Waals surface area (Å²) < 4.78 is 31.0. The summed E-state index contributed by atoms with van der Waals surface area (Å²) in [4.78, 5) is 11.3. The second-order valence-corrected chi connectivity index (χ2v) is 6.62. The van der Waals surface area contributed by atoms with Gasteiger partial charge < -0.3 is 10.1 Å². The molecular weight excluding hydrogens is 244 g/mol. The van der Waals surface area contributed by atoms with Crippen molar-refractivity contribution < 1.29 is 17.9 Å². The van der Waals surface area contributed by atoms with Crippen LogP contribution in [-0.4, -0.2) is 45.4 Å². The molecule has 17 heavy (non-hydrogen) atoms. The third-order valence-electron chi connectivity index (χ3n) is 3.09. The van der Waals surface area contributed by atoms with Gasteiger partial charge >= 0.3 is 5.97 Å². The maximum Gasteiger partial charge on any atom is 0.325 e. The lowest BCUT2D eigenvalue weighted by Gasteiger charge is -2.35. The Kier molecular flexibility index (Phi) is 4.51. The van der Waals surface area contributed by atoms with Crippen molar-refractivity contribution in [2.75, 3.05) is 20.2 Å². The van der Waals surface area contributed by atoms with E-state index >= 15 is 0 Å². The quantitative estimate of drug-likeness (QED) is 0.676. The number of piperidine rings is 1. The van der Waals surface area contributed by atoms with Gasteiger partial charge in [-0.15, -0.1) is 0 Å². The van der Waals surface area contributed by atoms with Gasteiger partial charge in [-0.1, -0.05) is 0 Å². The van der Waals surface area contributed by atoms with Crippen LogP contribution in [0.15, 0.2) is 0 Å². The molecule has 0 aromatic rings. The van der Waals surface area contributed by atoms with E-state index in [2.05, 4.69) is 14.8 Å². The lowest BCUT2D eigenvalue weighted by molar-refractivity contribution is -0.139. The second kappa shape index (κ2) is 5.32. The van der Waals surface area contributed by atoms with Crippen molar-refractivity contribution in [2.24, 2.45) is 0 Å². The van der Waals surface area contributed by atoms with E-state index in [4.69, 9.17) is 0 Å². The lowest BCUT2D eigenvalue weighted by Crippen LogP contribution is -2.55. The average Bonchev–Trinajstić information content (AvgIpc) is 2.26. The van der Waals surface area contributed by atoms with Gasteiger partial charge in [0.2, 0.25) is 10.0 Å². The predicted molar refractivity (Wildman–Crippen MR) is 64.0 cm³/mol. The van der Waals surface area contributed by atoms with Crippen LogP contribution in [0.4, 0.5) is 0 Å². The molecule has 0 amide bonds. The molecule has 0 aliphatic carbocycles. The third-order valence-corrected chi connectivity index (χ3v) is 4.99. The van der Waals surface area contributed by atoms with Crippen molar-refractivity contribution in [1.29, 1.82) is 0 Å². The molecule has 2 N–H and O–H groups in total. The molecule has 0 radical (unpaired) electrons. The lowest BCUT2D eigenvalue weighted by atomic mass is 9.92. The van der Waals surface area contributed by atoms with E-state index in [9.17, 15) is 13.2 Å². The highest BCUT2D eigenvalue weighted by atomic mass is 32.2. The Morgan fingerprint density at radius 3 is 2.41 bits per heavy atom. The highest BCUT2D eigenvalue weighted by Crippen LogP contribution is 2.19. The van der Waals surface area contributed by atoms with Crippen molar-refractivity contribution in [2.45, 2.75) is 37.5 Å². The maximum absolute atomic E-state index is 12.0. The summed E-state index contributed by atoms with van der Waals surface area (Å²) >= 11 is 0. The fraction of sp³-hybridized carbons (Fsp3) is 0.900. The van der Waals surface area contributed by atoms with Gasteiger partial charge in [-0.25, -0.2) is 13.1 Å². The van der Waals surface area contributed by atoms with Crippen LogP contribution >= 0.6 is 0 Å². The van der Waals surface area contributed by atoms with Gasteiger partial charge in [0.25, 0.3) is 0 Å². The van der Waals surface area contributed by atoms with Crippen LogP contribution in [0.2, 0.25) is 0 Å². The van der Waals surface area contributed by atoms with Crippen LogP contribution in [0.1, 0.15) is 26.7 Å². The number of esters is 1. The summed E-state index contributed by atoms with van der Waals surface area (Å²) in [7, 11) is -2.50. The SMILES string of the molecule is COC(=O)C(C)S(=O)(=O)NC1(C)CCNCC1. The van der Waals surface area contributed by atoms with Gasteiger partial charge in [0.15, 0.2) is 5.25 Å². The molecule has 1 saturated heterocycles. The minimum atomic E-state index is -3.68. The van der Waals surface area contributed by atoms with Gasteiger partial charge in [-0.2, -0.15) is 0 Å². The van der Waals surface area contributed by atoms with Crippen molar-refractivity contribution in [1.82, 2.24) is 10.0 Å². The zero-order valence-electron chi connectivity index (χ0n) is 10.4. The van der Waals surface area contributed by atoms with E-state index in [1.165, 1.54) is 14.0 Å². The van der Waals surface area contributed by atoms with Crippen LogP contribution in [0.3, 0.4) is 0 Å². The van der Waals surface area contributed by atoms with E-state index in [0.717, 1.165) is 13.1 Å². The van der Waals surface area contributed by atoms with Gasteiger partial charge in [0.1, 0.15) is 0 Å². The Morgan fingerprint density at radius 2 is 1.94 bits per heavy atom. The van der Waals surface area contributed by atoms with Crippen LogP contribution in [-0.2, 0) is 19.6 Å². The normalized spacial score (nSPS) is 21.8. The molecule has 1 aliphatic heterocycles. The van der Waals surface area contributed by atoms with Crippen LogP contribution < -0.4 is 10.0 Å². The molecule has 100 valence electrons. The smallest absolute Gasteiger partial charge is 0.325 e. The summed E-state index contributed by atoms with van der Waals surface area (Å²) in [5.74, 6) is -0.741. The fourth-order valence-electron chi connectivity index (χ4n) is 1.81. The number of sulfonamides is 1. The molecule has 0 aromatic carbocycles.